The van der Waals surface area contributed by atoms with E-state index in [1.165, 1.54) is 0 Å². The Morgan fingerprint density at radius 3 is 2.77 bits per heavy atom. The average molecular weight is 426 g/mol. The number of ether oxygens (including phenoxy) is 1. The molecule has 8 nitrogen and oxygen atoms in total. The maximum Gasteiger partial charge on any atom is 0.224 e. The summed E-state index contributed by atoms with van der Waals surface area (Å²) >= 11 is 0. The Bertz CT molecular complexity index is 863. The van der Waals surface area contributed by atoms with Gasteiger partial charge in [0.15, 0.2) is 0 Å². The van der Waals surface area contributed by atoms with E-state index in [4.69, 9.17) is 4.74 Å². The van der Waals surface area contributed by atoms with Crippen molar-refractivity contribution in [3.8, 4) is 5.69 Å². The first-order valence-electron chi connectivity index (χ1n) is 11.1. The number of piperidine rings is 1. The quantitative estimate of drug-likeness (QED) is 0.685. The van der Waals surface area contributed by atoms with E-state index in [1.54, 1.807) is 0 Å². The van der Waals surface area contributed by atoms with Crippen LogP contribution in [0.15, 0.2) is 42.7 Å². The monoisotopic (exact) mass is 425 g/mol. The maximum absolute atomic E-state index is 12.7. The van der Waals surface area contributed by atoms with E-state index < -0.39 is 0 Å². The molecule has 2 aliphatic rings. The number of hydrogen-bond acceptors (Lipinski definition) is 5. The molecule has 0 aliphatic carbocycles. The van der Waals surface area contributed by atoms with Gasteiger partial charge in [0.05, 0.1) is 31.0 Å². The van der Waals surface area contributed by atoms with Crippen LogP contribution in [-0.2, 0) is 20.7 Å². The summed E-state index contributed by atoms with van der Waals surface area (Å²) < 4.78 is 7.22. The molecular weight excluding hydrogens is 394 g/mol. The van der Waals surface area contributed by atoms with Gasteiger partial charge in [-0.1, -0.05) is 18.2 Å². The van der Waals surface area contributed by atoms with Crippen LogP contribution in [0.1, 0.15) is 18.4 Å². The summed E-state index contributed by atoms with van der Waals surface area (Å²) in [5, 5.41) is 7.45. The van der Waals surface area contributed by atoms with Crippen molar-refractivity contribution in [3.63, 3.8) is 0 Å². The van der Waals surface area contributed by atoms with Gasteiger partial charge < -0.3 is 15.0 Å². The van der Waals surface area contributed by atoms with Gasteiger partial charge in [-0.15, -0.1) is 0 Å². The Hall–Kier alpha value is -2.71. The van der Waals surface area contributed by atoms with Gasteiger partial charge in [0.2, 0.25) is 11.8 Å². The third-order valence-electron chi connectivity index (χ3n) is 6.03. The molecule has 31 heavy (non-hydrogen) atoms. The Kier molecular flexibility index (Phi) is 7.32. The molecule has 0 bridgehead atoms. The van der Waals surface area contributed by atoms with Crippen LogP contribution in [0.5, 0.6) is 0 Å². The lowest BCUT2D eigenvalue weighted by atomic mass is 9.96. The van der Waals surface area contributed by atoms with E-state index in [-0.39, 0.29) is 17.7 Å². The van der Waals surface area contributed by atoms with Crippen LogP contribution < -0.4 is 5.32 Å². The molecule has 1 aromatic carbocycles. The molecule has 0 unspecified atom stereocenters. The minimum Gasteiger partial charge on any atom is -0.379 e. The summed E-state index contributed by atoms with van der Waals surface area (Å²) in [6.07, 6.45) is 5.64. The molecule has 2 aliphatic heterocycles. The number of aromatic nitrogens is 2. The van der Waals surface area contributed by atoms with Crippen LogP contribution >= 0.6 is 0 Å². The van der Waals surface area contributed by atoms with Gasteiger partial charge in [0.1, 0.15) is 0 Å². The van der Waals surface area contributed by atoms with Crippen molar-refractivity contribution < 1.29 is 14.3 Å². The molecule has 2 amide bonds. The number of carbonyl (C=O) groups is 2. The van der Waals surface area contributed by atoms with Gasteiger partial charge >= 0.3 is 0 Å². The van der Waals surface area contributed by atoms with Crippen LogP contribution in [0.4, 0.5) is 0 Å². The fourth-order valence-corrected chi connectivity index (χ4v) is 4.12. The standard InChI is InChI=1S/C23H31N5O3/c29-22-7-6-20(18-27(22)11-10-26-12-14-31-15-13-26)23(30)24-9-8-19-16-25-28(17-19)21-4-2-1-3-5-21/h1-5,16-17,20H,6-15,18H2,(H,24,30)/t20-/m1/s1. The van der Waals surface area contributed by atoms with Crippen molar-refractivity contribution in [2.45, 2.75) is 19.3 Å². The highest BCUT2D eigenvalue weighted by Gasteiger charge is 2.30. The largest absolute Gasteiger partial charge is 0.379 e. The van der Waals surface area contributed by atoms with E-state index in [1.807, 2.05) is 52.3 Å². The van der Waals surface area contributed by atoms with Crippen molar-refractivity contribution in [2.24, 2.45) is 5.92 Å². The van der Waals surface area contributed by atoms with Crippen LogP contribution in [-0.4, -0.2) is 83.9 Å². The third kappa shape index (κ3) is 5.92. The van der Waals surface area contributed by atoms with Crippen LogP contribution in [0.3, 0.4) is 0 Å². The smallest absolute Gasteiger partial charge is 0.224 e. The molecule has 3 heterocycles. The summed E-state index contributed by atoms with van der Waals surface area (Å²) in [7, 11) is 0. The van der Waals surface area contributed by atoms with Gasteiger partial charge in [-0.05, 0) is 30.5 Å². The SMILES string of the molecule is O=C(NCCc1cnn(-c2ccccc2)c1)[C@@H]1CCC(=O)N(CCN2CCOCC2)C1. The minimum atomic E-state index is -0.130. The van der Waals surface area contributed by atoms with Gasteiger partial charge in [0, 0.05) is 51.9 Å². The first kappa shape index (κ1) is 21.5. The Balaban J connectivity index is 1.21. The first-order chi connectivity index (χ1) is 15.2. The number of likely N-dealkylation sites (tertiary alicyclic amines) is 1. The van der Waals surface area contributed by atoms with E-state index >= 15 is 0 Å². The molecule has 2 fully saturated rings. The van der Waals surface area contributed by atoms with Crippen LogP contribution in [0.25, 0.3) is 5.69 Å². The predicted molar refractivity (Wildman–Crippen MR) is 117 cm³/mol. The lowest BCUT2D eigenvalue weighted by molar-refractivity contribution is -0.138. The van der Waals surface area contributed by atoms with Crippen LogP contribution in [0, 0.1) is 5.92 Å². The molecule has 166 valence electrons. The summed E-state index contributed by atoms with van der Waals surface area (Å²) in [6, 6.07) is 9.96. The number of carbonyl (C=O) groups excluding carboxylic acids is 2. The molecule has 8 heteroatoms. The Morgan fingerprint density at radius 1 is 1.16 bits per heavy atom. The number of nitrogens with one attached hydrogen (secondary N) is 1. The zero-order valence-electron chi connectivity index (χ0n) is 17.9. The lowest BCUT2D eigenvalue weighted by Crippen LogP contribution is -2.49. The second-order valence-electron chi connectivity index (χ2n) is 8.20. The van der Waals surface area contributed by atoms with Crippen molar-refractivity contribution in [2.75, 3.05) is 52.5 Å². The van der Waals surface area contributed by atoms with Gasteiger partial charge in [-0.2, -0.15) is 5.10 Å². The number of benzene rings is 1. The number of nitrogens with zero attached hydrogens (tertiary/aromatic N) is 4. The van der Waals surface area contributed by atoms with E-state index in [2.05, 4.69) is 15.3 Å². The molecule has 1 N–H and O–H groups in total. The highest BCUT2D eigenvalue weighted by Crippen LogP contribution is 2.18. The predicted octanol–water partition coefficient (Wildman–Crippen LogP) is 1.10. The number of morpholine rings is 1. The number of amides is 2. The maximum atomic E-state index is 12.7. The molecule has 0 spiro atoms. The summed E-state index contributed by atoms with van der Waals surface area (Å²) in [5.74, 6) is 0.0689. The first-order valence-corrected chi connectivity index (χ1v) is 11.1. The Morgan fingerprint density at radius 2 is 1.97 bits per heavy atom. The third-order valence-corrected chi connectivity index (χ3v) is 6.03. The molecule has 1 atom stereocenters. The van der Waals surface area contributed by atoms with Crippen molar-refractivity contribution in [1.29, 1.82) is 0 Å². The highest BCUT2D eigenvalue weighted by molar-refractivity contribution is 5.83. The number of hydrogen-bond donors (Lipinski definition) is 1. The summed E-state index contributed by atoms with van der Waals surface area (Å²) in [5.41, 5.74) is 2.09. The fourth-order valence-electron chi connectivity index (χ4n) is 4.12. The molecule has 2 saturated heterocycles. The molecule has 0 radical (unpaired) electrons. The summed E-state index contributed by atoms with van der Waals surface area (Å²) in [4.78, 5) is 29.1. The van der Waals surface area contributed by atoms with Gasteiger partial charge in [-0.3, -0.25) is 14.5 Å². The fraction of sp³-hybridized carbons (Fsp3) is 0.522. The minimum absolute atomic E-state index is 0.0410. The normalized spacial score (nSPS) is 20.1. The molecule has 4 rings (SSSR count). The van der Waals surface area contributed by atoms with E-state index in [0.717, 1.165) is 50.5 Å². The van der Waals surface area contributed by atoms with Crippen molar-refractivity contribution in [1.82, 2.24) is 24.9 Å². The van der Waals surface area contributed by atoms with Gasteiger partial charge in [0.25, 0.3) is 0 Å². The van der Waals surface area contributed by atoms with Gasteiger partial charge in [-0.25, -0.2) is 4.68 Å². The van der Waals surface area contributed by atoms with Crippen molar-refractivity contribution >= 4 is 11.8 Å². The summed E-state index contributed by atoms with van der Waals surface area (Å²) in [6.45, 7) is 5.93. The van der Waals surface area contributed by atoms with Crippen molar-refractivity contribution in [3.05, 3.63) is 48.3 Å². The highest BCUT2D eigenvalue weighted by atomic mass is 16.5. The zero-order chi connectivity index (χ0) is 21.5. The van der Waals surface area contributed by atoms with E-state index in [9.17, 15) is 9.59 Å². The molecule has 2 aromatic rings. The number of para-hydroxylation sites is 1. The van der Waals surface area contributed by atoms with Crippen LogP contribution in [0.2, 0.25) is 0 Å². The molecule has 0 saturated carbocycles. The molecule has 1 aromatic heterocycles. The zero-order valence-corrected chi connectivity index (χ0v) is 17.9. The topological polar surface area (TPSA) is 79.7 Å². The van der Waals surface area contributed by atoms with E-state index in [0.29, 0.717) is 32.5 Å². The second kappa shape index (κ2) is 10.5. The average Bonchev–Trinajstić information content (AvgIpc) is 3.29. The lowest BCUT2D eigenvalue weighted by Gasteiger charge is -2.34. The molecular formula is C23H31N5O3. The second-order valence-corrected chi connectivity index (χ2v) is 8.20. The number of rotatable bonds is 8. The Labute approximate surface area is 183 Å².